The van der Waals surface area contributed by atoms with Gasteiger partial charge in [-0.15, -0.1) is 23.5 Å². The van der Waals surface area contributed by atoms with Gasteiger partial charge in [0.15, 0.2) is 0 Å². The predicted molar refractivity (Wildman–Crippen MR) is 115 cm³/mol. The van der Waals surface area contributed by atoms with Crippen molar-refractivity contribution in [2.75, 3.05) is 18.1 Å². The van der Waals surface area contributed by atoms with Crippen molar-refractivity contribution in [3.05, 3.63) is 35.9 Å². The van der Waals surface area contributed by atoms with Gasteiger partial charge in [-0.3, -0.25) is 4.79 Å². The summed E-state index contributed by atoms with van der Waals surface area (Å²) >= 11 is 3.97. The molecule has 0 unspecified atom stereocenters. The first kappa shape index (κ1) is 19.8. The summed E-state index contributed by atoms with van der Waals surface area (Å²) < 4.78 is 12.0. The van der Waals surface area contributed by atoms with E-state index in [0.29, 0.717) is 6.42 Å². The Morgan fingerprint density at radius 2 is 1.90 bits per heavy atom. The lowest BCUT2D eigenvalue weighted by Gasteiger charge is -2.45. The van der Waals surface area contributed by atoms with Crippen LogP contribution in [0.5, 0.6) is 0 Å². The number of rotatable bonds is 3. The fraction of sp³-hybridized carbons (Fsp3) is 0.636. The number of carbonyl (C=O) groups is 2. The summed E-state index contributed by atoms with van der Waals surface area (Å²) in [6.07, 6.45) is 0.946. The average Bonchev–Trinajstić information content (AvgIpc) is 3.38. The number of cyclic esters (lactones) is 1. The second kappa shape index (κ2) is 6.66. The number of hydrogen-bond acceptors (Lipinski definition) is 6. The molecule has 5 atom stereocenters. The lowest BCUT2D eigenvalue weighted by Crippen LogP contribution is -2.56. The molecule has 0 N–H and O–H groups in total. The van der Waals surface area contributed by atoms with Crippen LogP contribution in [-0.4, -0.2) is 56.3 Å². The molecule has 5 rings (SSSR count). The molecule has 1 aromatic rings. The van der Waals surface area contributed by atoms with E-state index in [0.717, 1.165) is 23.5 Å². The number of thioether (sulfide) groups is 2. The highest BCUT2D eigenvalue weighted by atomic mass is 32.2. The van der Waals surface area contributed by atoms with Crippen LogP contribution in [0.3, 0.4) is 0 Å². The first-order chi connectivity index (χ1) is 13.8. The maximum atomic E-state index is 13.7. The molecule has 0 saturated carbocycles. The minimum atomic E-state index is -0.546. The second-order valence-corrected chi connectivity index (χ2v) is 12.1. The molecule has 2 bridgehead atoms. The molecule has 0 aliphatic carbocycles. The average molecular weight is 434 g/mol. The Morgan fingerprint density at radius 3 is 2.55 bits per heavy atom. The first-order valence-electron chi connectivity index (χ1n) is 10.3. The number of imide groups is 1. The van der Waals surface area contributed by atoms with Gasteiger partial charge in [-0.1, -0.05) is 37.3 Å². The molecule has 4 fully saturated rings. The van der Waals surface area contributed by atoms with Crippen molar-refractivity contribution >= 4 is 35.5 Å². The van der Waals surface area contributed by atoms with E-state index in [9.17, 15) is 9.59 Å². The Bertz CT molecular complexity index is 842. The van der Waals surface area contributed by atoms with E-state index in [-0.39, 0.29) is 40.1 Å². The summed E-state index contributed by atoms with van der Waals surface area (Å²) in [6, 6.07) is 9.70. The number of hydrogen-bond donors (Lipinski definition) is 0. The maximum Gasteiger partial charge on any atom is 0.416 e. The molecule has 4 aliphatic heterocycles. The van der Waals surface area contributed by atoms with Gasteiger partial charge in [0.25, 0.3) is 0 Å². The summed E-state index contributed by atoms with van der Waals surface area (Å²) in [6.45, 7) is 6.62. The van der Waals surface area contributed by atoms with E-state index in [1.807, 2.05) is 53.9 Å². The molecule has 156 valence electrons. The van der Waals surface area contributed by atoms with Crippen LogP contribution in [0.15, 0.2) is 30.3 Å². The fourth-order valence-electron chi connectivity index (χ4n) is 5.93. The zero-order valence-electron chi connectivity index (χ0n) is 17.1. The molecule has 0 radical (unpaired) electrons. The SMILES string of the molecule is C[C@@H]1[C@@H](C(=O)N2C(=O)OC[C@@H]2Cc2ccccc2)[C@@]2(C)CC3(SCCS3)[C@]1(C)O2. The van der Waals surface area contributed by atoms with Crippen LogP contribution in [0.2, 0.25) is 0 Å². The van der Waals surface area contributed by atoms with Gasteiger partial charge in [0.1, 0.15) is 6.61 Å². The minimum absolute atomic E-state index is 0.0207. The smallest absolute Gasteiger partial charge is 0.416 e. The topological polar surface area (TPSA) is 55.8 Å². The van der Waals surface area contributed by atoms with Gasteiger partial charge in [0.2, 0.25) is 5.91 Å². The Morgan fingerprint density at radius 1 is 1.21 bits per heavy atom. The van der Waals surface area contributed by atoms with Gasteiger partial charge in [0.05, 0.1) is 27.2 Å². The van der Waals surface area contributed by atoms with E-state index in [1.165, 1.54) is 4.90 Å². The van der Waals surface area contributed by atoms with Gasteiger partial charge in [0, 0.05) is 23.8 Å². The van der Waals surface area contributed by atoms with Crippen molar-refractivity contribution < 1.29 is 19.1 Å². The minimum Gasteiger partial charge on any atom is -0.447 e. The molecule has 1 aromatic carbocycles. The zero-order chi connectivity index (χ0) is 20.4. The van der Waals surface area contributed by atoms with Gasteiger partial charge in [-0.25, -0.2) is 9.69 Å². The highest BCUT2D eigenvalue weighted by molar-refractivity contribution is 8.21. The predicted octanol–water partition coefficient (Wildman–Crippen LogP) is 3.96. The number of carbonyl (C=O) groups excluding carboxylic acids is 2. The number of nitrogens with zero attached hydrogens (tertiary/aromatic N) is 1. The molecule has 0 aromatic heterocycles. The van der Waals surface area contributed by atoms with Crippen LogP contribution >= 0.6 is 23.5 Å². The van der Waals surface area contributed by atoms with Crippen LogP contribution in [0.4, 0.5) is 4.79 Å². The van der Waals surface area contributed by atoms with Crippen LogP contribution in [0.25, 0.3) is 0 Å². The fourth-order valence-corrected chi connectivity index (χ4v) is 9.90. The highest BCUT2D eigenvalue weighted by Crippen LogP contribution is 2.71. The van der Waals surface area contributed by atoms with Crippen molar-refractivity contribution in [3.63, 3.8) is 0 Å². The Kier molecular flexibility index (Phi) is 4.54. The van der Waals surface area contributed by atoms with E-state index in [1.54, 1.807) is 0 Å². The lowest BCUT2D eigenvalue weighted by atomic mass is 9.67. The summed E-state index contributed by atoms with van der Waals surface area (Å²) in [4.78, 5) is 27.7. The standard InChI is InChI=1S/C22H27NO4S2/c1-14-17(20(2)13-22(21(14,3)27-20)28-9-10-29-22)18(24)23-16(12-26-19(23)25)11-15-7-5-4-6-8-15/h4-8,14,16-17H,9-13H2,1-3H3/t14-,16+,17+,20-,21-/m1/s1. The monoisotopic (exact) mass is 433 g/mol. The van der Waals surface area contributed by atoms with Crippen molar-refractivity contribution in [1.82, 2.24) is 4.90 Å². The van der Waals surface area contributed by atoms with Gasteiger partial charge in [-0.2, -0.15) is 0 Å². The summed E-state index contributed by atoms with van der Waals surface area (Å²) in [7, 11) is 0. The van der Waals surface area contributed by atoms with Gasteiger partial charge in [-0.05, 0) is 25.8 Å². The number of fused-ring (bicyclic) bond motifs is 3. The lowest BCUT2D eigenvalue weighted by molar-refractivity contribution is -0.139. The van der Waals surface area contributed by atoms with Crippen molar-refractivity contribution in [2.45, 2.75) is 54.9 Å². The molecule has 2 amide bonds. The van der Waals surface area contributed by atoms with Crippen molar-refractivity contribution in [2.24, 2.45) is 11.8 Å². The van der Waals surface area contributed by atoms with E-state index < -0.39 is 11.7 Å². The third-order valence-electron chi connectivity index (χ3n) is 7.34. The van der Waals surface area contributed by atoms with E-state index in [4.69, 9.17) is 9.47 Å². The van der Waals surface area contributed by atoms with Crippen molar-refractivity contribution in [3.8, 4) is 0 Å². The Labute approximate surface area is 180 Å². The molecule has 4 saturated heterocycles. The molecule has 7 heteroatoms. The summed E-state index contributed by atoms with van der Waals surface area (Å²) in [5.74, 6) is 1.84. The number of ether oxygens (including phenoxy) is 2. The van der Waals surface area contributed by atoms with E-state index >= 15 is 0 Å². The summed E-state index contributed by atoms with van der Waals surface area (Å²) in [5, 5.41) is 0. The molecule has 1 spiro atoms. The van der Waals surface area contributed by atoms with Crippen molar-refractivity contribution in [1.29, 1.82) is 0 Å². The normalized spacial score (nSPS) is 40.0. The molecular formula is C22H27NO4S2. The molecule has 4 aliphatic rings. The number of amides is 2. The molecule has 5 nitrogen and oxygen atoms in total. The van der Waals surface area contributed by atoms with Crippen LogP contribution < -0.4 is 0 Å². The molecule has 29 heavy (non-hydrogen) atoms. The number of benzene rings is 1. The summed E-state index contributed by atoms with van der Waals surface area (Å²) in [5.41, 5.74) is 0.184. The molecule has 4 heterocycles. The maximum absolute atomic E-state index is 13.7. The van der Waals surface area contributed by atoms with Gasteiger partial charge < -0.3 is 9.47 Å². The Balaban J connectivity index is 1.42. The highest BCUT2D eigenvalue weighted by Gasteiger charge is 2.75. The van der Waals surface area contributed by atoms with E-state index in [2.05, 4.69) is 20.8 Å². The quantitative estimate of drug-likeness (QED) is 0.719. The zero-order valence-corrected chi connectivity index (χ0v) is 18.7. The second-order valence-electron chi connectivity index (χ2n) is 9.04. The largest absolute Gasteiger partial charge is 0.447 e. The van der Waals surface area contributed by atoms with Crippen LogP contribution in [0, 0.1) is 11.8 Å². The third kappa shape index (κ3) is 2.73. The Hall–Kier alpha value is -1.18. The van der Waals surface area contributed by atoms with Gasteiger partial charge >= 0.3 is 6.09 Å². The first-order valence-corrected chi connectivity index (χ1v) is 12.3. The van der Waals surface area contributed by atoms with Crippen LogP contribution in [-0.2, 0) is 20.7 Å². The third-order valence-corrected chi connectivity index (χ3v) is 11.2. The van der Waals surface area contributed by atoms with Crippen LogP contribution in [0.1, 0.15) is 32.8 Å². The molecular weight excluding hydrogens is 406 g/mol.